The van der Waals surface area contributed by atoms with Crippen molar-refractivity contribution in [2.24, 2.45) is 4.99 Å². The first-order valence-electron chi connectivity index (χ1n) is 11.2. The van der Waals surface area contributed by atoms with Crippen molar-refractivity contribution in [1.29, 1.82) is 0 Å². The highest BCUT2D eigenvalue weighted by atomic mass is 127. The zero-order valence-corrected chi connectivity index (χ0v) is 22.1. The van der Waals surface area contributed by atoms with Crippen LogP contribution in [0.3, 0.4) is 0 Å². The molecule has 0 radical (unpaired) electrons. The second-order valence-corrected chi connectivity index (χ2v) is 8.20. The first-order chi connectivity index (χ1) is 15.5. The van der Waals surface area contributed by atoms with Gasteiger partial charge in [-0.25, -0.2) is 15.0 Å². The SMILES string of the molecule is CCNC(=NCc1ccc(-n2ccnc2C)nc1)N1CCOC(c2ccc(C)cc2C)C1.I. The molecule has 0 spiro atoms. The van der Waals surface area contributed by atoms with Gasteiger partial charge in [0.05, 0.1) is 19.7 Å². The Morgan fingerprint density at radius 2 is 2.03 bits per heavy atom. The molecule has 7 nitrogen and oxygen atoms in total. The first-order valence-corrected chi connectivity index (χ1v) is 11.2. The Hall–Kier alpha value is -2.46. The van der Waals surface area contributed by atoms with Crippen LogP contribution >= 0.6 is 24.0 Å². The number of aryl methyl sites for hydroxylation is 3. The van der Waals surface area contributed by atoms with Crippen LogP contribution in [0.4, 0.5) is 0 Å². The number of morpholine rings is 1. The van der Waals surface area contributed by atoms with Crippen molar-refractivity contribution in [3.8, 4) is 5.82 Å². The molecule has 1 atom stereocenters. The molecule has 1 saturated heterocycles. The number of nitrogens with zero attached hydrogens (tertiary/aromatic N) is 5. The number of aromatic nitrogens is 3. The number of imidazole rings is 1. The van der Waals surface area contributed by atoms with E-state index in [1.807, 2.05) is 30.0 Å². The summed E-state index contributed by atoms with van der Waals surface area (Å²) in [5, 5.41) is 3.45. The highest BCUT2D eigenvalue weighted by Crippen LogP contribution is 2.26. The molecule has 0 saturated carbocycles. The Kier molecular flexibility index (Phi) is 8.85. The third-order valence-corrected chi connectivity index (χ3v) is 5.77. The lowest BCUT2D eigenvalue weighted by Gasteiger charge is -2.36. The number of halogens is 1. The molecule has 4 rings (SSSR count). The van der Waals surface area contributed by atoms with Gasteiger partial charge in [-0.05, 0) is 50.5 Å². The fraction of sp³-hybridized carbons (Fsp3) is 0.400. The molecule has 1 aliphatic heterocycles. The van der Waals surface area contributed by atoms with E-state index in [2.05, 4.69) is 65.2 Å². The van der Waals surface area contributed by atoms with Crippen molar-refractivity contribution in [3.63, 3.8) is 0 Å². The molecule has 1 aromatic carbocycles. The number of hydrogen-bond donors (Lipinski definition) is 1. The van der Waals surface area contributed by atoms with Crippen LogP contribution in [-0.4, -0.2) is 51.6 Å². The summed E-state index contributed by atoms with van der Waals surface area (Å²) in [6.45, 7) is 12.0. The monoisotopic (exact) mass is 560 g/mol. The van der Waals surface area contributed by atoms with Crippen LogP contribution in [0, 0.1) is 20.8 Å². The normalized spacial score (nSPS) is 16.4. The van der Waals surface area contributed by atoms with Gasteiger partial charge in [0.2, 0.25) is 0 Å². The average Bonchev–Trinajstić information content (AvgIpc) is 3.23. The third-order valence-electron chi connectivity index (χ3n) is 5.77. The maximum Gasteiger partial charge on any atom is 0.194 e. The second-order valence-electron chi connectivity index (χ2n) is 8.20. The Balaban J connectivity index is 0.00000306. The maximum absolute atomic E-state index is 6.12. The lowest BCUT2D eigenvalue weighted by molar-refractivity contribution is -0.00834. The quantitative estimate of drug-likeness (QED) is 0.286. The van der Waals surface area contributed by atoms with Crippen molar-refractivity contribution in [2.45, 2.75) is 40.3 Å². The number of hydrogen-bond acceptors (Lipinski definition) is 4. The standard InChI is InChI=1S/C25H32N6O.HI/c1-5-26-25(29-16-21-7-9-24(28-15-21)31-11-10-27-20(31)4)30-12-13-32-23(17-30)22-8-6-18(2)14-19(22)3;/h6-11,14-15,23H,5,12-13,16-17H2,1-4H3,(H,26,29);1H. The number of pyridine rings is 1. The van der Waals surface area contributed by atoms with Crippen LogP contribution < -0.4 is 5.32 Å². The van der Waals surface area contributed by atoms with Gasteiger partial charge in [0.25, 0.3) is 0 Å². The summed E-state index contributed by atoms with van der Waals surface area (Å²) in [6.07, 6.45) is 5.64. The van der Waals surface area contributed by atoms with Crippen molar-refractivity contribution in [3.05, 3.63) is 77.0 Å². The van der Waals surface area contributed by atoms with Gasteiger partial charge in [0.15, 0.2) is 5.96 Å². The minimum atomic E-state index is 0. The van der Waals surface area contributed by atoms with E-state index in [1.165, 1.54) is 16.7 Å². The minimum absolute atomic E-state index is 0. The highest BCUT2D eigenvalue weighted by molar-refractivity contribution is 14.0. The minimum Gasteiger partial charge on any atom is -0.370 e. The van der Waals surface area contributed by atoms with Gasteiger partial charge in [0, 0.05) is 31.7 Å². The third kappa shape index (κ3) is 6.11. The maximum atomic E-state index is 6.12. The lowest BCUT2D eigenvalue weighted by Crippen LogP contribution is -2.48. The smallest absolute Gasteiger partial charge is 0.194 e. The predicted molar refractivity (Wildman–Crippen MR) is 143 cm³/mol. The van der Waals surface area contributed by atoms with Crippen molar-refractivity contribution < 1.29 is 4.74 Å². The molecule has 0 bridgehead atoms. The van der Waals surface area contributed by atoms with Crippen LogP contribution in [0.1, 0.15) is 41.1 Å². The summed E-state index contributed by atoms with van der Waals surface area (Å²) >= 11 is 0. The summed E-state index contributed by atoms with van der Waals surface area (Å²) in [6, 6.07) is 10.7. The van der Waals surface area contributed by atoms with Crippen LogP contribution in [-0.2, 0) is 11.3 Å². The second kappa shape index (κ2) is 11.6. The lowest BCUT2D eigenvalue weighted by atomic mass is 10.00. The van der Waals surface area contributed by atoms with Gasteiger partial charge >= 0.3 is 0 Å². The highest BCUT2D eigenvalue weighted by Gasteiger charge is 2.25. The van der Waals surface area contributed by atoms with E-state index < -0.39 is 0 Å². The molecule has 3 aromatic rings. The number of rotatable bonds is 5. The summed E-state index contributed by atoms with van der Waals surface area (Å²) in [4.78, 5) is 16.0. The van der Waals surface area contributed by atoms with E-state index in [0.717, 1.165) is 42.8 Å². The van der Waals surface area contributed by atoms with Crippen molar-refractivity contribution >= 4 is 29.9 Å². The summed E-state index contributed by atoms with van der Waals surface area (Å²) in [5.41, 5.74) is 4.88. The van der Waals surface area contributed by atoms with Crippen molar-refractivity contribution in [1.82, 2.24) is 24.8 Å². The van der Waals surface area contributed by atoms with Gasteiger partial charge in [-0.2, -0.15) is 0 Å². The van der Waals surface area contributed by atoms with Gasteiger partial charge in [-0.3, -0.25) is 4.57 Å². The molecule has 176 valence electrons. The van der Waals surface area contributed by atoms with Crippen LogP contribution in [0.5, 0.6) is 0 Å². The molecule has 8 heteroatoms. The average molecular weight is 560 g/mol. The van der Waals surface area contributed by atoms with E-state index in [9.17, 15) is 0 Å². The van der Waals surface area contributed by atoms with Gasteiger partial charge in [-0.1, -0.05) is 29.8 Å². The molecule has 1 fully saturated rings. The van der Waals surface area contributed by atoms with E-state index in [0.29, 0.717) is 13.2 Å². The van der Waals surface area contributed by atoms with Gasteiger partial charge in [-0.15, -0.1) is 24.0 Å². The number of ether oxygens (including phenoxy) is 1. The molecule has 1 unspecified atom stereocenters. The number of guanidine groups is 1. The largest absolute Gasteiger partial charge is 0.370 e. The van der Waals surface area contributed by atoms with Crippen LogP contribution in [0.2, 0.25) is 0 Å². The Morgan fingerprint density at radius 3 is 2.70 bits per heavy atom. The van der Waals surface area contributed by atoms with E-state index in [4.69, 9.17) is 9.73 Å². The van der Waals surface area contributed by atoms with Crippen LogP contribution in [0.15, 0.2) is 53.9 Å². The summed E-state index contributed by atoms with van der Waals surface area (Å²) < 4.78 is 8.09. The number of benzene rings is 1. The fourth-order valence-electron chi connectivity index (χ4n) is 4.08. The molecule has 33 heavy (non-hydrogen) atoms. The van der Waals surface area contributed by atoms with E-state index in [1.54, 1.807) is 6.20 Å². The topological polar surface area (TPSA) is 67.6 Å². The van der Waals surface area contributed by atoms with Crippen LogP contribution in [0.25, 0.3) is 5.82 Å². The Bertz CT molecular complexity index is 1080. The predicted octanol–water partition coefficient (Wildman–Crippen LogP) is 4.35. The fourth-order valence-corrected chi connectivity index (χ4v) is 4.08. The number of aliphatic imine (C=N–C) groups is 1. The summed E-state index contributed by atoms with van der Waals surface area (Å²) in [5.74, 6) is 2.70. The van der Waals surface area contributed by atoms with Crippen molar-refractivity contribution in [2.75, 3.05) is 26.2 Å². The zero-order chi connectivity index (χ0) is 22.5. The molecular weight excluding hydrogens is 527 g/mol. The molecule has 1 N–H and O–H groups in total. The first kappa shape index (κ1) is 25.2. The van der Waals surface area contributed by atoms with E-state index in [-0.39, 0.29) is 30.1 Å². The molecule has 3 heterocycles. The molecule has 0 amide bonds. The summed E-state index contributed by atoms with van der Waals surface area (Å²) in [7, 11) is 0. The number of nitrogens with one attached hydrogen (secondary N) is 1. The van der Waals surface area contributed by atoms with Gasteiger partial charge in [0.1, 0.15) is 17.7 Å². The Morgan fingerprint density at radius 1 is 1.18 bits per heavy atom. The zero-order valence-electron chi connectivity index (χ0n) is 19.8. The molecule has 0 aliphatic carbocycles. The molecule has 1 aliphatic rings. The van der Waals surface area contributed by atoms with E-state index >= 15 is 0 Å². The molecule has 2 aromatic heterocycles. The molecular formula is C25H33IN6O. The Labute approximate surface area is 213 Å². The van der Waals surface area contributed by atoms with Gasteiger partial charge < -0.3 is 15.0 Å².